The minimum absolute atomic E-state index is 0.288. The average molecular weight is 244 g/mol. The Labute approximate surface area is 99.6 Å². The fourth-order valence-corrected chi connectivity index (χ4v) is 2.35. The Morgan fingerprint density at radius 1 is 1.25 bits per heavy atom. The molecule has 88 valence electrons. The zero-order valence-corrected chi connectivity index (χ0v) is 9.80. The van der Waals surface area contributed by atoms with Crippen molar-refractivity contribution in [3.8, 4) is 0 Å². The number of aliphatic hydroxyl groups excluding tert-OH is 1. The van der Waals surface area contributed by atoms with Gasteiger partial charge in [0, 0.05) is 18.7 Å². The Hall–Kier alpha value is -0.800. The molecule has 0 atom stereocenters. The molecule has 1 heterocycles. The zero-order valence-electron chi connectivity index (χ0n) is 9.05. The van der Waals surface area contributed by atoms with Crippen LogP contribution in [0.25, 0.3) is 0 Å². The molecule has 1 aliphatic rings. The molecular formula is C12H15ClFNO. The van der Waals surface area contributed by atoms with Crippen LogP contribution in [0.4, 0.5) is 10.1 Å². The molecule has 1 aromatic rings. The van der Waals surface area contributed by atoms with E-state index in [9.17, 15) is 4.39 Å². The maximum atomic E-state index is 13.3. The van der Waals surface area contributed by atoms with Crippen molar-refractivity contribution in [2.45, 2.75) is 25.9 Å². The van der Waals surface area contributed by atoms with Crippen molar-refractivity contribution < 1.29 is 9.50 Å². The second-order valence-corrected chi connectivity index (χ2v) is 4.51. The molecule has 0 radical (unpaired) electrons. The summed E-state index contributed by atoms with van der Waals surface area (Å²) in [6, 6.07) is 2.94. The molecule has 1 aliphatic heterocycles. The Morgan fingerprint density at radius 3 is 2.56 bits per heavy atom. The van der Waals surface area contributed by atoms with Crippen molar-refractivity contribution in [2.24, 2.45) is 0 Å². The average Bonchev–Trinajstić information content (AvgIpc) is 2.30. The van der Waals surface area contributed by atoms with Crippen molar-refractivity contribution in [1.29, 1.82) is 0 Å². The summed E-state index contributed by atoms with van der Waals surface area (Å²) in [6.45, 7) is 1.62. The van der Waals surface area contributed by atoms with Crippen molar-refractivity contribution in [3.05, 3.63) is 28.5 Å². The summed E-state index contributed by atoms with van der Waals surface area (Å²) in [5.74, 6) is -0.437. The van der Waals surface area contributed by atoms with E-state index in [1.54, 1.807) is 6.07 Å². The first-order valence-electron chi connectivity index (χ1n) is 5.56. The number of rotatable bonds is 2. The molecule has 0 aromatic heterocycles. The summed E-state index contributed by atoms with van der Waals surface area (Å²) < 4.78 is 13.3. The molecule has 0 aliphatic carbocycles. The predicted octanol–water partition coefficient (Wildman–Crippen LogP) is 2.96. The van der Waals surface area contributed by atoms with Gasteiger partial charge in [-0.25, -0.2) is 4.39 Å². The Bertz CT molecular complexity index is 378. The highest BCUT2D eigenvalue weighted by molar-refractivity contribution is 6.33. The van der Waals surface area contributed by atoms with Crippen LogP contribution in [-0.4, -0.2) is 18.2 Å². The first-order chi connectivity index (χ1) is 7.72. The number of hydrogen-bond donors (Lipinski definition) is 1. The molecule has 1 fully saturated rings. The molecule has 4 heteroatoms. The zero-order chi connectivity index (χ0) is 11.5. The lowest BCUT2D eigenvalue weighted by Gasteiger charge is -2.30. The molecule has 16 heavy (non-hydrogen) atoms. The lowest BCUT2D eigenvalue weighted by Crippen LogP contribution is -2.29. The number of halogens is 2. The topological polar surface area (TPSA) is 23.5 Å². The summed E-state index contributed by atoms with van der Waals surface area (Å²) in [4.78, 5) is 2.16. The third-order valence-electron chi connectivity index (χ3n) is 2.98. The van der Waals surface area contributed by atoms with Crippen LogP contribution in [0, 0.1) is 5.82 Å². The second kappa shape index (κ2) is 5.02. The number of anilines is 1. The van der Waals surface area contributed by atoms with Crippen LogP contribution in [0.1, 0.15) is 24.8 Å². The summed E-state index contributed by atoms with van der Waals surface area (Å²) in [6.07, 6.45) is 3.52. The number of piperidine rings is 1. The fourth-order valence-electron chi connectivity index (χ4n) is 2.08. The minimum Gasteiger partial charge on any atom is -0.392 e. The lowest BCUT2D eigenvalue weighted by molar-refractivity contribution is 0.276. The molecule has 1 saturated heterocycles. The first-order valence-corrected chi connectivity index (χ1v) is 5.94. The van der Waals surface area contributed by atoms with E-state index >= 15 is 0 Å². The van der Waals surface area contributed by atoms with Crippen LogP contribution in [-0.2, 0) is 6.61 Å². The Balaban J connectivity index is 2.31. The maximum Gasteiger partial charge on any atom is 0.130 e. The second-order valence-electron chi connectivity index (χ2n) is 4.10. The third-order valence-corrected chi connectivity index (χ3v) is 3.29. The van der Waals surface area contributed by atoms with Crippen LogP contribution in [0.5, 0.6) is 0 Å². The number of hydrogen-bond acceptors (Lipinski definition) is 2. The van der Waals surface area contributed by atoms with E-state index in [1.165, 1.54) is 12.5 Å². The highest BCUT2D eigenvalue weighted by Crippen LogP contribution is 2.30. The number of benzene rings is 1. The number of nitrogens with zero attached hydrogens (tertiary/aromatic N) is 1. The van der Waals surface area contributed by atoms with E-state index in [4.69, 9.17) is 16.7 Å². The van der Waals surface area contributed by atoms with Crippen molar-refractivity contribution >= 4 is 17.3 Å². The largest absolute Gasteiger partial charge is 0.392 e. The molecule has 1 aromatic carbocycles. The van der Waals surface area contributed by atoms with E-state index in [-0.39, 0.29) is 6.61 Å². The van der Waals surface area contributed by atoms with Gasteiger partial charge in [0.15, 0.2) is 0 Å². The Kier molecular flexibility index (Phi) is 3.66. The van der Waals surface area contributed by atoms with E-state index in [0.717, 1.165) is 31.6 Å². The molecule has 0 unspecified atom stereocenters. The smallest absolute Gasteiger partial charge is 0.130 e. The molecule has 0 spiro atoms. The molecule has 2 nitrogen and oxygen atoms in total. The molecule has 1 N–H and O–H groups in total. The standard InChI is InChI=1S/C12H15ClFNO/c13-10-7-11(14)9(8-16)6-12(10)15-4-2-1-3-5-15/h6-7,16H,1-5,8H2. The molecule has 0 amide bonds. The van der Waals surface area contributed by atoms with Gasteiger partial charge >= 0.3 is 0 Å². The normalized spacial score (nSPS) is 16.6. The quantitative estimate of drug-likeness (QED) is 0.863. The molecule has 2 rings (SSSR count). The predicted molar refractivity (Wildman–Crippen MR) is 63.4 cm³/mol. The maximum absolute atomic E-state index is 13.3. The van der Waals surface area contributed by atoms with Crippen LogP contribution < -0.4 is 4.90 Å². The van der Waals surface area contributed by atoms with Gasteiger partial charge in [-0.3, -0.25) is 0 Å². The first kappa shape index (κ1) is 11.7. The van der Waals surface area contributed by atoms with Gasteiger partial charge < -0.3 is 10.0 Å². The van der Waals surface area contributed by atoms with Crippen molar-refractivity contribution in [3.63, 3.8) is 0 Å². The van der Waals surface area contributed by atoms with Crippen molar-refractivity contribution in [2.75, 3.05) is 18.0 Å². The minimum atomic E-state index is -0.437. The molecule has 0 bridgehead atoms. The van der Waals surface area contributed by atoms with Gasteiger partial charge in [-0.2, -0.15) is 0 Å². The third kappa shape index (κ3) is 2.30. The summed E-state index contributed by atoms with van der Waals surface area (Å²) in [5.41, 5.74) is 1.15. The summed E-state index contributed by atoms with van der Waals surface area (Å²) in [5, 5.41) is 9.46. The van der Waals surface area contributed by atoms with Crippen LogP contribution >= 0.6 is 11.6 Å². The molecule has 0 saturated carbocycles. The molecular weight excluding hydrogens is 229 g/mol. The summed E-state index contributed by atoms with van der Waals surface area (Å²) in [7, 11) is 0. The van der Waals surface area contributed by atoms with Gasteiger partial charge in [0.2, 0.25) is 0 Å². The van der Waals surface area contributed by atoms with E-state index in [1.807, 2.05) is 0 Å². The SMILES string of the molecule is OCc1cc(N2CCCCC2)c(Cl)cc1F. The van der Waals surface area contributed by atoms with Gasteiger partial charge in [0.1, 0.15) is 5.82 Å². The van der Waals surface area contributed by atoms with Gasteiger partial charge in [-0.1, -0.05) is 11.6 Å². The number of aliphatic hydroxyl groups is 1. The van der Waals surface area contributed by atoms with Gasteiger partial charge in [-0.05, 0) is 31.4 Å². The van der Waals surface area contributed by atoms with Gasteiger partial charge in [-0.15, -0.1) is 0 Å². The van der Waals surface area contributed by atoms with Crippen LogP contribution in [0.2, 0.25) is 5.02 Å². The van der Waals surface area contributed by atoms with Crippen LogP contribution in [0.15, 0.2) is 12.1 Å². The van der Waals surface area contributed by atoms with E-state index < -0.39 is 5.82 Å². The monoisotopic (exact) mass is 243 g/mol. The highest BCUT2D eigenvalue weighted by Gasteiger charge is 2.16. The van der Waals surface area contributed by atoms with Gasteiger partial charge in [0.25, 0.3) is 0 Å². The lowest BCUT2D eigenvalue weighted by atomic mass is 10.1. The van der Waals surface area contributed by atoms with Crippen molar-refractivity contribution in [1.82, 2.24) is 0 Å². The highest BCUT2D eigenvalue weighted by atomic mass is 35.5. The summed E-state index contributed by atoms with van der Waals surface area (Å²) >= 11 is 6.03. The van der Waals surface area contributed by atoms with Gasteiger partial charge in [0.05, 0.1) is 17.3 Å². The fraction of sp³-hybridized carbons (Fsp3) is 0.500. The van der Waals surface area contributed by atoms with E-state index in [2.05, 4.69) is 4.90 Å². The van der Waals surface area contributed by atoms with Crippen LogP contribution in [0.3, 0.4) is 0 Å². The Morgan fingerprint density at radius 2 is 1.94 bits per heavy atom. The van der Waals surface area contributed by atoms with E-state index in [0.29, 0.717) is 10.6 Å².